The number of aliphatic carboxylic acids is 2. The number of hydrogen-bond acceptors (Lipinski definition) is 5. The van der Waals surface area contributed by atoms with Gasteiger partial charge in [-0.1, -0.05) is 6.92 Å². The topological polar surface area (TPSA) is 129 Å². The number of carboxylic acid groups (broad SMARTS) is 2. The zero-order chi connectivity index (χ0) is 15.3. The van der Waals surface area contributed by atoms with Gasteiger partial charge in [-0.3, -0.25) is 9.59 Å². The van der Waals surface area contributed by atoms with E-state index in [1.165, 1.54) is 6.07 Å². The van der Waals surface area contributed by atoms with Crippen molar-refractivity contribution in [1.82, 2.24) is 15.5 Å². The first-order valence-corrected chi connectivity index (χ1v) is 5.93. The Balaban J connectivity index is 2.96. The summed E-state index contributed by atoms with van der Waals surface area (Å²) >= 11 is 0. The third-order valence-corrected chi connectivity index (χ3v) is 2.55. The summed E-state index contributed by atoms with van der Waals surface area (Å²) in [4.78, 5) is 33.5. The lowest BCUT2D eigenvalue weighted by Crippen LogP contribution is -2.42. The maximum atomic E-state index is 12.0. The molecule has 8 heteroatoms. The number of rotatable bonds is 6. The van der Waals surface area contributed by atoms with Gasteiger partial charge in [-0.25, -0.2) is 4.79 Å². The number of carbonyl (C=O) groups is 3. The summed E-state index contributed by atoms with van der Waals surface area (Å²) in [6.07, 6.45) is -0.243. The van der Waals surface area contributed by atoms with Gasteiger partial charge in [0.05, 0.1) is 23.4 Å². The van der Waals surface area contributed by atoms with Crippen molar-refractivity contribution >= 4 is 17.8 Å². The molecule has 0 saturated carbocycles. The Morgan fingerprint density at radius 2 is 1.95 bits per heavy atom. The molecule has 1 unspecified atom stereocenters. The van der Waals surface area contributed by atoms with Crippen molar-refractivity contribution in [2.24, 2.45) is 0 Å². The fourth-order valence-electron chi connectivity index (χ4n) is 1.58. The molecule has 0 bridgehead atoms. The molecule has 0 aromatic carbocycles. The number of nitrogens with one attached hydrogen (secondary N) is 1. The Labute approximate surface area is 114 Å². The van der Waals surface area contributed by atoms with Crippen molar-refractivity contribution in [2.45, 2.75) is 32.7 Å². The first kappa shape index (κ1) is 15.5. The number of carbonyl (C=O) groups excluding carboxylic acids is 1. The van der Waals surface area contributed by atoms with Crippen LogP contribution in [0, 0.1) is 6.92 Å². The standard InChI is InChI=1S/C12H15N3O5/c1-3-8-7(4-6(2)14-15-8)11(18)13-9(12(19)20)5-10(16)17/h4,9H,3,5H2,1-2H3,(H,13,18)(H,16,17)(H,19,20). The van der Waals surface area contributed by atoms with Gasteiger partial charge in [-0.15, -0.1) is 0 Å². The first-order chi connectivity index (χ1) is 9.35. The summed E-state index contributed by atoms with van der Waals surface area (Å²) in [6, 6.07) is -0.000850. The minimum atomic E-state index is -1.49. The van der Waals surface area contributed by atoms with Crippen molar-refractivity contribution in [3.8, 4) is 0 Å². The maximum Gasteiger partial charge on any atom is 0.326 e. The molecule has 8 nitrogen and oxygen atoms in total. The highest BCUT2D eigenvalue weighted by Crippen LogP contribution is 2.08. The monoisotopic (exact) mass is 281 g/mol. The van der Waals surface area contributed by atoms with E-state index in [1.54, 1.807) is 13.8 Å². The maximum absolute atomic E-state index is 12.0. The molecule has 0 aliphatic heterocycles. The lowest BCUT2D eigenvalue weighted by atomic mass is 10.1. The second-order valence-electron chi connectivity index (χ2n) is 4.16. The Bertz CT molecular complexity index is 544. The lowest BCUT2D eigenvalue weighted by molar-refractivity contribution is -0.145. The van der Waals surface area contributed by atoms with Crippen LogP contribution in [0.4, 0.5) is 0 Å². The largest absolute Gasteiger partial charge is 0.481 e. The number of carboxylic acids is 2. The van der Waals surface area contributed by atoms with Gasteiger partial charge in [-0.2, -0.15) is 10.2 Å². The number of aryl methyl sites for hydroxylation is 2. The van der Waals surface area contributed by atoms with Gasteiger partial charge in [0, 0.05) is 0 Å². The fourth-order valence-corrected chi connectivity index (χ4v) is 1.58. The molecule has 20 heavy (non-hydrogen) atoms. The van der Waals surface area contributed by atoms with E-state index in [2.05, 4.69) is 15.5 Å². The molecule has 0 spiro atoms. The molecule has 1 rings (SSSR count). The van der Waals surface area contributed by atoms with Gasteiger partial charge < -0.3 is 15.5 Å². The van der Waals surface area contributed by atoms with Crippen molar-refractivity contribution in [2.75, 3.05) is 0 Å². The third kappa shape index (κ3) is 4.01. The molecule has 1 amide bonds. The quantitative estimate of drug-likeness (QED) is 0.669. The number of aromatic nitrogens is 2. The van der Waals surface area contributed by atoms with Gasteiger partial charge in [0.1, 0.15) is 6.04 Å². The predicted octanol–water partition coefficient (Wildman–Crippen LogP) is 0.00512. The van der Waals surface area contributed by atoms with Crippen LogP contribution >= 0.6 is 0 Å². The molecular weight excluding hydrogens is 266 g/mol. The van der Waals surface area contributed by atoms with Crippen LogP contribution in [0.2, 0.25) is 0 Å². The Kier molecular flexibility index (Phi) is 5.13. The minimum absolute atomic E-state index is 0.205. The van der Waals surface area contributed by atoms with E-state index in [0.717, 1.165) is 0 Å². The summed E-state index contributed by atoms with van der Waals surface area (Å²) in [6.45, 7) is 3.43. The van der Waals surface area contributed by atoms with Crippen molar-refractivity contribution in [3.63, 3.8) is 0 Å². The molecule has 0 saturated heterocycles. The van der Waals surface area contributed by atoms with Gasteiger partial charge in [0.25, 0.3) is 5.91 Å². The van der Waals surface area contributed by atoms with Crippen molar-refractivity contribution in [1.29, 1.82) is 0 Å². The van der Waals surface area contributed by atoms with E-state index in [0.29, 0.717) is 17.8 Å². The van der Waals surface area contributed by atoms with Crippen LogP contribution in [-0.2, 0) is 16.0 Å². The summed E-state index contributed by atoms with van der Waals surface area (Å²) in [5, 5.41) is 27.4. The predicted molar refractivity (Wildman–Crippen MR) is 67.3 cm³/mol. The van der Waals surface area contributed by atoms with Crippen LogP contribution in [0.15, 0.2) is 6.07 Å². The van der Waals surface area contributed by atoms with E-state index < -0.39 is 30.3 Å². The highest BCUT2D eigenvalue weighted by molar-refractivity contribution is 5.98. The van der Waals surface area contributed by atoms with Crippen LogP contribution in [0.25, 0.3) is 0 Å². The molecule has 0 aliphatic carbocycles. The third-order valence-electron chi connectivity index (χ3n) is 2.55. The molecule has 1 aromatic heterocycles. The van der Waals surface area contributed by atoms with Gasteiger partial charge in [-0.05, 0) is 19.4 Å². The second kappa shape index (κ2) is 6.60. The van der Waals surface area contributed by atoms with Gasteiger partial charge in [0.2, 0.25) is 0 Å². The van der Waals surface area contributed by atoms with Crippen LogP contribution in [0.3, 0.4) is 0 Å². The Morgan fingerprint density at radius 1 is 1.30 bits per heavy atom. The van der Waals surface area contributed by atoms with Crippen molar-refractivity contribution < 1.29 is 24.6 Å². The first-order valence-electron chi connectivity index (χ1n) is 5.93. The molecule has 108 valence electrons. The van der Waals surface area contributed by atoms with E-state index in [9.17, 15) is 14.4 Å². The molecule has 1 heterocycles. The van der Waals surface area contributed by atoms with Gasteiger partial charge in [0.15, 0.2) is 0 Å². The molecule has 0 aliphatic rings. The van der Waals surface area contributed by atoms with E-state index in [4.69, 9.17) is 10.2 Å². The average molecular weight is 281 g/mol. The smallest absolute Gasteiger partial charge is 0.326 e. The summed E-state index contributed by atoms with van der Waals surface area (Å²) < 4.78 is 0. The van der Waals surface area contributed by atoms with Crippen LogP contribution in [0.1, 0.15) is 35.1 Å². The number of hydrogen-bond donors (Lipinski definition) is 3. The van der Waals surface area contributed by atoms with Crippen LogP contribution < -0.4 is 5.32 Å². The molecule has 0 fully saturated rings. The lowest BCUT2D eigenvalue weighted by Gasteiger charge is -2.13. The average Bonchev–Trinajstić information content (AvgIpc) is 2.37. The highest BCUT2D eigenvalue weighted by atomic mass is 16.4. The minimum Gasteiger partial charge on any atom is -0.481 e. The van der Waals surface area contributed by atoms with E-state index >= 15 is 0 Å². The molecule has 0 radical (unpaired) electrons. The molecule has 3 N–H and O–H groups in total. The normalized spacial score (nSPS) is 11.7. The number of nitrogens with zero attached hydrogens (tertiary/aromatic N) is 2. The summed E-state index contributed by atoms with van der Waals surface area (Å²) in [5.41, 5.74) is 1.14. The highest BCUT2D eigenvalue weighted by Gasteiger charge is 2.24. The van der Waals surface area contributed by atoms with Crippen molar-refractivity contribution in [3.05, 3.63) is 23.0 Å². The van der Waals surface area contributed by atoms with E-state index in [-0.39, 0.29) is 5.56 Å². The van der Waals surface area contributed by atoms with Crippen LogP contribution in [0.5, 0.6) is 0 Å². The van der Waals surface area contributed by atoms with Crippen LogP contribution in [-0.4, -0.2) is 44.3 Å². The van der Waals surface area contributed by atoms with E-state index in [1.807, 2.05) is 0 Å². The Hall–Kier alpha value is -2.51. The van der Waals surface area contributed by atoms with Gasteiger partial charge >= 0.3 is 11.9 Å². The zero-order valence-corrected chi connectivity index (χ0v) is 11.1. The molecule has 1 atom stereocenters. The zero-order valence-electron chi connectivity index (χ0n) is 11.1. The second-order valence-corrected chi connectivity index (χ2v) is 4.16. The fraction of sp³-hybridized carbons (Fsp3) is 0.417. The summed E-state index contributed by atoms with van der Waals surface area (Å²) in [5.74, 6) is -3.39. The molecule has 1 aromatic rings. The number of amides is 1. The summed E-state index contributed by atoms with van der Waals surface area (Å²) in [7, 11) is 0. The molecular formula is C12H15N3O5. The SMILES string of the molecule is CCc1nnc(C)cc1C(=O)NC(CC(=O)O)C(=O)O. The Morgan fingerprint density at radius 3 is 2.45 bits per heavy atom.